The van der Waals surface area contributed by atoms with Crippen molar-refractivity contribution in [1.82, 2.24) is 5.32 Å². The lowest BCUT2D eigenvalue weighted by molar-refractivity contribution is -0.151. The second kappa shape index (κ2) is 7.05. The molecule has 2 heterocycles. The van der Waals surface area contributed by atoms with Crippen LogP contribution >= 0.6 is 0 Å². The second-order valence-corrected chi connectivity index (χ2v) is 6.48. The van der Waals surface area contributed by atoms with E-state index in [0.717, 1.165) is 44.5 Å². The molecular weight excluding hydrogens is 238 g/mol. The standard InChI is InChI=1S/C16H31NO2/c1-4-5-13(2)15(17-3)14-6-9-19-16(12-14)7-10-18-11-8-16/h13-15,17H,4-12H2,1-3H3. The van der Waals surface area contributed by atoms with E-state index in [4.69, 9.17) is 9.47 Å². The van der Waals surface area contributed by atoms with Gasteiger partial charge in [0.2, 0.25) is 0 Å². The third-order valence-electron chi connectivity index (χ3n) is 5.13. The van der Waals surface area contributed by atoms with Crippen molar-refractivity contribution in [3.8, 4) is 0 Å². The molecule has 0 aromatic heterocycles. The van der Waals surface area contributed by atoms with E-state index in [2.05, 4.69) is 26.2 Å². The van der Waals surface area contributed by atoms with Crippen molar-refractivity contribution in [2.24, 2.45) is 11.8 Å². The van der Waals surface area contributed by atoms with E-state index in [-0.39, 0.29) is 5.60 Å². The maximum atomic E-state index is 6.16. The molecule has 1 spiro atoms. The van der Waals surface area contributed by atoms with Crippen molar-refractivity contribution in [2.75, 3.05) is 26.9 Å². The van der Waals surface area contributed by atoms with Gasteiger partial charge in [0.05, 0.1) is 5.60 Å². The minimum absolute atomic E-state index is 0.127. The Labute approximate surface area is 118 Å². The summed E-state index contributed by atoms with van der Waals surface area (Å²) in [4.78, 5) is 0. The van der Waals surface area contributed by atoms with Crippen LogP contribution in [0.1, 0.15) is 52.4 Å². The summed E-state index contributed by atoms with van der Waals surface area (Å²) in [5.74, 6) is 1.52. The quantitative estimate of drug-likeness (QED) is 0.832. The van der Waals surface area contributed by atoms with Crippen LogP contribution < -0.4 is 5.32 Å². The Morgan fingerprint density at radius 2 is 2.00 bits per heavy atom. The minimum atomic E-state index is 0.127. The lowest BCUT2D eigenvalue weighted by atomic mass is 9.74. The second-order valence-electron chi connectivity index (χ2n) is 6.48. The first-order valence-electron chi connectivity index (χ1n) is 8.10. The average molecular weight is 269 g/mol. The summed E-state index contributed by atoms with van der Waals surface area (Å²) in [6.07, 6.45) is 7.20. The third-order valence-corrected chi connectivity index (χ3v) is 5.13. The molecule has 3 nitrogen and oxygen atoms in total. The molecule has 112 valence electrons. The molecule has 0 saturated carbocycles. The molecule has 0 aromatic carbocycles. The molecule has 1 N–H and O–H groups in total. The molecule has 0 aliphatic carbocycles. The largest absolute Gasteiger partial charge is 0.381 e. The zero-order chi connectivity index (χ0) is 13.7. The van der Waals surface area contributed by atoms with Gasteiger partial charge in [-0.15, -0.1) is 0 Å². The molecule has 2 aliphatic heterocycles. The fraction of sp³-hybridized carbons (Fsp3) is 1.00. The van der Waals surface area contributed by atoms with E-state index in [9.17, 15) is 0 Å². The number of nitrogens with one attached hydrogen (secondary N) is 1. The molecule has 2 fully saturated rings. The highest BCUT2D eigenvalue weighted by Crippen LogP contribution is 2.39. The van der Waals surface area contributed by atoms with Crippen molar-refractivity contribution in [1.29, 1.82) is 0 Å². The first-order valence-corrected chi connectivity index (χ1v) is 8.10. The Morgan fingerprint density at radius 1 is 1.26 bits per heavy atom. The van der Waals surface area contributed by atoms with E-state index >= 15 is 0 Å². The lowest BCUT2D eigenvalue weighted by Gasteiger charge is -2.46. The number of rotatable bonds is 5. The molecule has 0 radical (unpaired) electrons. The van der Waals surface area contributed by atoms with Gasteiger partial charge < -0.3 is 14.8 Å². The summed E-state index contributed by atoms with van der Waals surface area (Å²) in [5.41, 5.74) is 0.127. The molecule has 3 unspecified atom stereocenters. The molecule has 0 amide bonds. The van der Waals surface area contributed by atoms with Gasteiger partial charge in [0.1, 0.15) is 0 Å². The molecule has 0 aromatic rings. The molecular formula is C16H31NO2. The van der Waals surface area contributed by atoms with Gasteiger partial charge in [0.15, 0.2) is 0 Å². The normalized spacial score (nSPS) is 30.2. The predicted molar refractivity (Wildman–Crippen MR) is 78.4 cm³/mol. The summed E-state index contributed by atoms with van der Waals surface area (Å²) in [6, 6.07) is 0.642. The molecule has 0 bridgehead atoms. The van der Waals surface area contributed by atoms with Gasteiger partial charge in [-0.1, -0.05) is 20.3 Å². The van der Waals surface area contributed by atoms with E-state index in [1.54, 1.807) is 0 Å². The van der Waals surface area contributed by atoms with Gasteiger partial charge in [0, 0.05) is 25.9 Å². The van der Waals surface area contributed by atoms with Gasteiger partial charge >= 0.3 is 0 Å². The van der Waals surface area contributed by atoms with E-state index in [1.807, 2.05) is 0 Å². The summed E-state index contributed by atoms with van der Waals surface area (Å²) in [7, 11) is 2.13. The zero-order valence-corrected chi connectivity index (χ0v) is 12.9. The molecule has 3 atom stereocenters. The van der Waals surface area contributed by atoms with Crippen LogP contribution in [0.3, 0.4) is 0 Å². The van der Waals surface area contributed by atoms with Crippen molar-refractivity contribution < 1.29 is 9.47 Å². The van der Waals surface area contributed by atoms with Gasteiger partial charge in [-0.2, -0.15) is 0 Å². The van der Waals surface area contributed by atoms with Crippen LogP contribution in [0.2, 0.25) is 0 Å². The van der Waals surface area contributed by atoms with Crippen molar-refractivity contribution in [3.05, 3.63) is 0 Å². The Hall–Kier alpha value is -0.120. The third kappa shape index (κ3) is 3.71. The highest BCUT2D eigenvalue weighted by atomic mass is 16.5. The molecule has 2 rings (SSSR count). The highest BCUT2D eigenvalue weighted by molar-refractivity contribution is 4.93. The first kappa shape index (κ1) is 15.3. The number of hydrogen-bond donors (Lipinski definition) is 1. The van der Waals surface area contributed by atoms with E-state index in [0.29, 0.717) is 6.04 Å². The fourth-order valence-corrected chi connectivity index (χ4v) is 4.08. The Kier molecular flexibility index (Phi) is 5.67. The van der Waals surface area contributed by atoms with Crippen molar-refractivity contribution >= 4 is 0 Å². The van der Waals surface area contributed by atoms with E-state index in [1.165, 1.54) is 25.7 Å². The van der Waals surface area contributed by atoms with Gasteiger partial charge in [-0.05, 0) is 51.0 Å². The van der Waals surface area contributed by atoms with Crippen LogP contribution in [-0.4, -0.2) is 38.5 Å². The molecule has 19 heavy (non-hydrogen) atoms. The maximum absolute atomic E-state index is 6.16. The zero-order valence-electron chi connectivity index (χ0n) is 12.9. The van der Waals surface area contributed by atoms with Crippen LogP contribution in [0, 0.1) is 11.8 Å². The molecule has 2 saturated heterocycles. The number of hydrogen-bond acceptors (Lipinski definition) is 3. The van der Waals surface area contributed by atoms with Gasteiger partial charge in [-0.25, -0.2) is 0 Å². The number of ether oxygens (including phenoxy) is 2. The predicted octanol–water partition coefficient (Wildman–Crippen LogP) is 2.99. The minimum Gasteiger partial charge on any atom is -0.381 e. The lowest BCUT2D eigenvalue weighted by Crippen LogP contribution is -2.50. The summed E-state index contributed by atoms with van der Waals surface area (Å²) in [5, 5.41) is 3.59. The Morgan fingerprint density at radius 3 is 2.63 bits per heavy atom. The maximum Gasteiger partial charge on any atom is 0.0729 e. The SMILES string of the molecule is CCCC(C)C(NC)C1CCOC2(CCOCC2)C1. The Balaban J connectivity index is 1.98. The van der Waals surface area contributed by atoms with Gasteiger partial charge in [0.25, 0.3) is 0 Å². The van der Waals surface area contributed by atoms with E-state index < -0.39 is 0 Å². The van der Waals surface area contributed by atoms with Gasteiger partial charge in [-0.3, -0.25) is 0 Å². The monoisotopic (exact) mass is 269 g/mol. The Bertz CT molecular complexity index is 258. The van der Waals surface area contributed by atoms with Crippen LogP contribution in [-0.2, 0) is 9.47 Å². The summed E-state index contributed by atoms with van der Waals surface area (Å²) >= 11 is 0. The fourth-order valence-electron chi connectivity index (χ4n) is 4.08. The van der Waals surface area contributed by atoms with Crippen LogP contribution in [0.5, 0.6) is 0 Å². The summed E-state index contributed by atoms with van der Waals surface area (Å²) < 4.78 is 11.7. The van der Waals surface area contributed by atoms with Crippen molar-refractivity contribution in [2.45, 2.75) is 64.0 Å². The van der Waals surface area contributed by atoms with Crippen LogP contribution in [0.4, 0.5) is 0 Å². The smallest absolute Gasteiger partial charge is 0.0729 e. The van der Waals surface area contributed by atoms with Crippen LogP contribution in [0.25, 0.3) is 0 Å². The highest BCUT2D eigenvalue weighted by Gasteiger charge is 2.41. The molecule has 2 aliphatic rings. The molecule has 3 heteroatoms. The average Bonchev–Trinajstić information content (AvgIpc) is 2.41. The summed E-state index contributed by atoms with van der Waals surface area (Å²) in [6.45, 7) is 7.37. The first-order chi connectivity index (χ1) is 9.21. The van der Waals surface area contributed by atoms with Crippen LogP contribution in [0.15, 0.2) is 0 Å². The topological polar surface area (TPSA) is 30.5 Å². The van der Waals surface area contributed by atoms with Crippen molar-refractivity contribution in [3.63, 3.8) is 0 Å².